The van der Waals surface area contributed by atoms with Gasteiger partial charge in [-0.3, -0.25) is 0 Å². The van der Waals surface area contributed by atoms with Crippen LogP contribution in [0, 0.1) is 0 Å². The first-order valence-corrected chi connectivity index (χ1v) is 9.34. The van der Waals surface area contributed by atoms with E-state index in [1.807, 2.05) is 0 Å². The Morgan fingerprint density at radius 1 is 1.12 bits per heavy atom. The monoisotopic (exact) mass is 403 g/mol. The molecule has 126 valence electrons. The largest absolute Gasteiger partial charge is 0.362 e. The zero-order valence-electron chi connectivity index (χ0n) is 14.0. The minimum Gasteiger partial charge on any atom is -0.362 e. The Morgan fingerprint density at radius 3 is 2.58 bits per heavy atom. The molecule has 0 bridgehead atoms. The number of thiocarbonyl (C=S) groups is 1. The predicted octanol–water partition coefficient (Wildman–Crippen LogP) is 4.26. The summed E-state index contributed by atoms with van der Waals surface area (Å²) >= 11 is 8.94. The molecule has 1 aliphatic carbocycles. The summed E-state index contributed by atoms with van der Waals surface area (Å²) in [6.07, 6.45) is 2.05. The summed E-state index contributed by atoms with van der Waals surface area (Å²) in [7, 11) is 4.16. The Bertz CT molecular complexity index is 758. The van der Waals surface area contributed by atoms with Gasteiger partial charge in [0.15, 0.2) is 5.11 Å². The molecule has 2 aromatic rings. The lowest BCUT2D eigenvalue weighted by Gasteiger charge is -2.13. The summed E-state index contributed by atoms with van der Waals surface area (Å²) in [4.78, 5) is 2.18. The van der Waals surface area contributed by atoms with E-state index in [1.54, 1.807) is 0 Å². The molecule has 0 saturated heterocycles. The molecule has 0 aliphatic heterocycles. The van der Waals surface area contributed by atoms with Gasteiger partial charge in [-0.05, 0) is 92.2 Å². The quantitative estimate of drug-likeness (QED) is 0.491. The Labute approximate surface area is 157 Å². The molecule has 0 radical (unpaired) electrons. The van der Waals surface area contributed by atoms with Crippen LogP contribution in [0.3, 0.4) is 0 Å². The van der Waals surface area contributed by atoms with Crippen molar-refractivity contribution in [1.29, 1.82) is 0 Å². The van der Waals surface area contributed by atoms with Crippen LogP contribution in [0.1, 0.15) is 17.5 Å². The molecule has 2 N–H and O–H groups in total. The van der Waals surface area contributed by atoms with Crippen molar-refractivity contribution in [1.82, 2.24) is 10.2 Å². The molecule has 2 aromatic carbocycles. The first kappa shape index (κ1) is 17.4. The van der Waals surface area contributed by atoms with Gasteiger partial charge in [0, 0.05) is 16.7 Å². The van der Waals surface area contributed by atoms with Crippen molar-refractivity contribution in [2.75, 3.05) is 32.5 Å². The van der Waals surface area contributed by atoms with E-state index in [0.717, 1.165) is 36.1 Å². The van der Waals surface area contributed by atoms with Gasteiger partial charge in [-0.1, -0.05) is 28.1 Å². The average Bonchev–Trinajstić information content (AvgIpc) is 2.87. The van der Waals surface area contributed by atoms with Gasteiger partial charge >= 0.3 is 0 Å². The maximum atomic E-state index is 5.39. The average molecular weight is 404 g/mol. The van der Waals surface area contributed by atoms with Crippen molar-refractivity contribution < 1.29 is 0 Å². The number of nitrogens with zero attached hydrogens (tertiary/aromatic N) is 1. The van der Waals surface area contributed by atoms with E-state index in [9.17, 15) is 0 Å². The van der Waals surface area contributed by atoms with Gasteiger partial charge in [-0.25, -0.2) is 0 Å². The van der Waals surface area contributed by atoms with Crippen molar-refractivity contribution in [3.63, 3.8) is 0 Å². The molecule has 24 heavy (non-hydrogen) atoms. The van der Waals surface area contributed by atoms with Crippen LogP contribution >= 0.6 is 28.1 Å². The molecule has 0 aromatic heterocycles. The van der Waals surface area contributed by atoms with Crippen LogP contribution in [0.25, 0.3) is 11.1 Å². The van der Waals surface area contributed by atoms with Crippen LogP contribution in [-0.4, -0.2) is 37.2 Å². The fourth-order valence-electron chi connectivity index (χ4n) is 3.03. The number of anilines is 1. The molecule has 0 atom stereocenters. The van der Waals surface area contributed by atoms with Crippen molar-refractivity contribution in [3.05, 3.63) is 52.0 Å². The summed E-state index contributed by atoms with van der Waals surface area (Å²) < 4.78 is 1.13. The number of nitrogens with one attached hydrogen (secondary N) is 2. The molecule has 0 unspecified atom stereocenters. The fourth-order valence-corrected chi connectivity index (χ4v) is 3.66. The van der Waals surface area contributed by atoms with Gasteiger partial charge in [0.25, 0.3) is 0 Å². The number of benzene rings is 2. The van der Waals surface area contributed by atoms with Crippen molar-refractivity contribution in [2.45, 2.75) is 12.8 Å². The third-order valence-electron chi connectivity index (χ3n) is 4.17. The summed E-state index contributed by atoms with van der Waals surface area (Å²) in [5.74, 6) is 0. The molecule has 0 saturated carbocycles. The van der Waals surface area contributed by atoms with Crippen molar-refractivity contribution >= 4 is 38.9 Å². The third-order valence-corrected chi connectivity index (χ3v) is 4.91. The Morgan fingerprint density at radius 2 is 1.83 bits per heavy atom. The Hall–Kier alpha value is -1.43. The van der Waals surface area contributed by atoms with Gasteiger partial charge < -0.3 is 15.5 Å². The number of hydrogen-bond donors (Lipinski definition) is 2. The second-order valence-corrected chi connectivity index (χ2v) is 7.71. The maximum Gasteiger partial charge on any atom is 0.170 e. The van der Waals surface area contributed by atoms with Crippen LogP contribution in [0.15, 0.2) is 40.9 Å². The zero-order valence-corrected chi connectivity index (χ0v) is 16.4. The molecular weight excluding hydrogens is 382 g/mol. The van der Waals surface area contributed by atoms with E-state index in [4.69, 9.17) is 12.2 Å². The smallest absolute Gasteiger partial charge is 0.170 e. The van der Waals surface area contributed by atoms with Gasteiger partial charge in [0.05, 0.1) is 0 Å². The third kappa shape index (κ3) is 4.15. The first-order chi connectivity index (χ1) is 11.5. The summed E-state index contributed by atoms with van der Waals surface area (Å²) in [6.45, 7) is 1.94. The second-order valence-electron chi connectivity index (χ2n) is 6.39. The maximum absolute atomic E-state index is 5.39. The highest BCUT2D eigenvalue weighted by atomic mass is 79.9. The van der Waals surface area contributed by atoms with Crippen LogP contribution < -0.4 is 10.6 Å². The van der Waals surface area contributed by atoms with Crippen LogP contribution in [0.5, 0.6) is 0 Å². The molecule has 0 amide bonds. The van der Waals surface area contributed by atoms with Crippen molar-refractivity contribution in [3.8, 4) is 11.1 Å². The predicted molar refractivity (Wildman–Crippen MR) is 110 cm³/mol. The van der Waals surface area contributed by atoms with Gasteiger partial charge in [0.1, 0.15) is 0 Å². The number of fused-ring (bicyclic) bond motifs is 3. The van der Waals surface area contributed by atoms with E-state index in [-0.39, 0.29) is 0 Å². The van der Waals surface area contributed by atoms with Crippen LogP contribution in [0.4, 0.5) is 5.69 Å². The van der Waals surface area contributed by atoms with E-state index in [1.165, 1.54) is 22.3 Å². The highest BCUT2D eigenvalue weighted by Crippen LogP contribution is 2.38. The summed E-state index contributed by atoms with van der Waals surface area (Å²) in [6, 6.07) is 13.0. The highest BCUT2D eigenvalue weighted by molar-refractivity contribution is 9.10. The normalized spacial score (nSPS) is 12.0. The van der Waals surface area contributed by atoms with Gasteiger partial charge in [0.2, 0.25) is 0 Å². The molecule has 0 spiro atoms. The van der Waals surface area contributed by atoms with E-state index in [0.29, 0.717) is 5.11 Å². The number of hydrogen-bond acceptors (Lipinski definition) is 2. The number of halogens is 1. The SMILES string of the molecule is CN(C)CCCNC(=S)Nc1ccc2c(c1)Cc1cc(Br)ccc1-2. The van der Waals surface area contributed by atoms with Crippen LogP contribution in [0.2, 0.25) is 0 Å². The van der Waals surface area contributed by atoms with E-state index in [2.05, 4.69) is 82.0 Å². The summed E-state index contributed by atoms with van der Waals surface area (Å²) in [5, 5.41) is 7.25. The van der Waals surface area contributed by atoms with Gasteiger partial charge in [-0.2, -0.15) is 0 Å². The van der Waals surface area contributed by atoms with Crippen molar-refractivity contribution in [2.24, 2.45) is 0 Å². The van der Waals surface area contributed by atoms with E-state index >= 15 is 0 Å². The number of rotatable bonds is 5. The lowest BCUT2D eigenvalue weighted by molar-refractivity contribution is 0.400. The first-order valence-electron chi connectivity index (χ1n) is 8.14. The standard InChI is InChI=1S/C19H22BrN3S/c1-23(2)9-3-8-21-19(24)22-16-5-7-18-14(12-16)10-13-11-15(20)4-6-17(13)18/h4-7,11-12H,3,8-10H2,1-2H3,(H2,21,22,24). The fraction of sp³-hybridized carbons (Fsp3) is 0.316. The topological polar surface area (TPSA) is 27.3 Å². The Kier molecular flexibility index (Phi) is 5.54. The van der Waals surface area contributed by atoms with Crippen LogP contribution in [-0.2, 0) is 6.42 Å². The zero-order chi connectivity index (χ0) is 17.1. The second kappa shape index (κ2) is 7.64. The highest BCUT2D eigenvalue weighted by Gasteiger charge is 2.18. The van der Waals surface area contributed by atoms with Gasteiger partial charge in [-0.15, -0.1) is 0 Å². The summed E-state index contributed by atoms with van der Waals surface area (Å²) in [5.41, 5.74) is 6.44. The van der Waals surface area contributed by atoms with E-state index < -0.39 is 0 Å². The molecular formula is C19H22BrN3S. The Balaban J connectivity index is 1.61. The minimum absolute atomic E-state index is 0.687. The lowest BCUT2D eigenvalue weighted by atomic mass is 10.1. The molecule has 0 fully saturated rings. The molecule has 1 aliphatic rings. The molecule has 5 heteroatoms. The molecule has 3 nitrogen and oxygen atoms in total. The molecule has 0 heterocycles. The lowest BCUT2D eigenvalue weighted by Crippen LogP contribution is -2.30. The molecule has 3 rings (SSSR count). The minimum atomic E-state index is 0.687.